The molecule has 0 unspecified atom stereocenters. The van der Waals surface area contributed by atoms with Crippen LogP contribution in [0.4, 0.5) is 0 Å². The summed E-state index contributed by atoms with van der Waals surface area (Å²) < 4.78 is 0. The van der Waals surface area contributed by atoms with E-state index < -0.39 is 0 Å². The van der Waals surface area contributed by atoms with Crippen LogP contribution in [0.5, 0.6) is 0 Å². The molecule has 10 heavy (non-hydrogen) atoms. The maximum atomic E-state index is 3.67. The molecule has 1 rings (SSSR count). The Labute approximate surface area is 63.3 Å². The third-order valence-corrected chi connectivity index (χ3v) is 0.478. The van der Waals surface area contributed by atoms with Crippen LogP contribution in [0, 0.1) is 0 Å². The molecule has 0 bridgehead atoms. The monoisotopic (exact) mass is 140 g/mol. The van der Waals surface area contributed by atoms with Gasteiger partial charge < -0.3 is 0 Å². The smallest absolute Gasteiger partial charge is 0.115 e. The van der Waals surface area contributed by atoms with E-state index in [1.807, 2.05) is 27.7 Å². The summed E-state index contributed by atoms with van der Waals surface area (Å²) in [6, 6.07) is 1.78. The molecule has 1 aromatic heterocycles. The minimum Gasteiger partial charge on any atom is -0.245 e. The van der Waals surface area contributed by atoms with Gasteiger partial charge in [0, 0.05) is 12.4 Å². The van der Waals surface area contributed by atoms with E-state index in [1.165, 1.54) is 6.33 Å². The molecule has 0 saturated carbocycles. The van der Waals surface area contributed by atoms with Gasteiger partial charge in [-0.3, -0.25) is 0 Å². The van der Waals surface area contributed by atoms with Gasteiger partial charge in [0.05, 0.1) is 0 Å². The number of hydrogen-bond donors (Lipinski definition) is 0. The molecule has 0 saturated heterocycles. The summed E-state index contributed by atoms with van der Waals surface area (Å²) >= 11 is 0. The Bertz CT molecular complexity index is 79.2. The van der Waals surface area contributed by atoms with E-state index in [1.54, 1.807) is 18.5 Å². The molecule has 0 aliphatic carbocycles. The molecule has 0 aliphatic rings. The fourth-order valence-corrected chi connectivity index (χ4v) is 0.253. The van der Waals surface area contributed by atoms with Crippen molar-refractivity contribution in [3.63, 3.8) is 0 Å². The lowest BCUT2D eigenvalue weighted by atomic mass is 10.7. The number of nitrogens with zero attached hydrogens (tertiary/aromatic N) is 2. The van der Waals surface area contributed by atoms with Crippen LogP contribution in [0.1, 0.15) is 27.7 Å². The summed E-state index contributed by atoms with van der Waals surface area (Å²) in [5.74, 6) is 0. The Balaban J connectivity index is 0. The Morgan fingerprint density at radius 3 is 1.30 bits per heavy atom. The second-order valence-electron chi connectivity index (χ2n) is 0.904. The van der Waals surface area contributed by atoms with E-state index in [0.29, 0.717) is 0 Å². The highest BCUT2D eigenvalue weighted by molar-refractivity contribution is 4.74. The molecule has 58 valence electrons. The Morgan fingerprint density at radius 2 is 1.20 bits per heavy atom. The van der Waals surface area contributed by atoms with Gasteiger partial charge in [0.25, 0.3) is 0 Å². The first-order chi connectivity index (χ1) is 5.00. The first-order valence-electron chi connectivity index (χ1n) is 3.70. The normalized spacial score (nSPS) is 6.00. The molecule has 0 fully saturated rings. The van der Waals surface area contributed by atoms with Crippen molar-refractivity contribution in [3.8, 4) is 0 Å². The van der Waals surface area contributed by atoms with Gasteiger partial charge in [-0.25, -0.2) is 9.97 Å². The van der Waals surface area contributed by atoms with Crippen molar-refractivity contribution in [2.24, 2.45) is 0 Å². The average molecular weight is 140 g/mol. The van der Waals surface area contributed by atoms with E-state index in [-0.39, 0.29) is 0 Å². The van der Waals surface area contributed by atoms with Crippen molar-refractivity contribution in [2.45, 2.75) is 27.7 Å². The summed E-state index contributed by atoms with van der Waals surface area (Å²) in [4.78, 5) is 7.35. The van der Waals surface area contributed by atoms with Gasteiger partial charge in [-0.15, -0.1) is 0 Å². The predicted molar refractivity (Wildman–Crippen MR) is 44.7 cm³/mol. The number of aromatic nitrogens is 2. The van der Waals surface area contributed by atoms with Crippen molar-refractivity contribution in [1.29, 1.82) is 0 Å². The summed E-state index contributed by atoms with van der Waals surface area (Å²) in [6.07, 6.45) is 4.88. The van der Waals surface area contributed by atoms with Gasteiger partial charge in [0.1, 0.15) is 6.33 Å². The molecule has 0 radical (unpaired) electrons. The predicted octanol–water partition coefficient (Wildman–Crippen LogP) is 2.53. The minimum absolute atomic E-state index is 1.50. The largest absolute Gasteiger partial charge is 0.245 e. The van der Waals surface area contributed by atoms with Crippen molar-refractivity contribution >= 4 is 0 Å². The molecule has 2 heteroatoms. The third kappa shape index (κ3) is 10.1. The minimum atomic E-state index is 1.50. The summed E-state index contributed by atoms with van der Waals surface area (Å²) in [6.45, 7) is 8.00. The van der Waals surface area contributed by atoms with Crippen LogP contribution in [0.25, 0.3) is 0 Å². The number of rotatable bonds is 0. The fourth-order valence-electron chi connectivity index (χ4n) is 0.253. The lowest BCUT2D eigenvalue weighted by Gasteiger charge is -1.70. The van der Waals surface area contributed by atoms with E-state index in [4.69, 9.17) is 0 Å². The molecular formula is C8H16N2. The zero-order chi connectivity index (χ0) is 8.24. The molecule has 1 heterocycles. The third-order valence-electron chi connectivity index (χ3n) is 0.478. The van der Waals surface area contributed by atoms with Gasteiger partial charge >= 0.3 is 0 Å². The highest BCUT2D eigenvalue weighted by atomic mass is 14.8. The summed E-state index contributed by atoms with van der Waals surface area (Å²) in [5.41, 5.74) is 0. The van der Waals surface area contributed by atoms with Crippen molar-refractivity contribution < 1.29 is 0 Å². The number of hydrogen-bond acceptors (Lipinski definition) is 2. The molecule has 0 atom stereocenters. The van der Waals surface area contributed by atoms with Crippen molar-refractivity contribution in [2.75, 3.05) is 0 Å². The summed E-state index contributed by atoms with van der Waals surface area (Å²) in [5, 5.41) is 0. The van der Waals surface area contributed by atoms with Gasteiger partial charge in [0.2, 0.25) is 0 Å². The molecular weight excluding hydrogens is 124 g/mol. The van der Waals surface area contributed by atoms with E-state index in [0.717, 1.165) is 0 Å². The lowest BCUT2D eigenvalue weighted by Crippen LogP contribution is -1.66. The first kappa shape index (κ1) is 11.8. The Hall–Kier alpha value is -0.920. The second kappa shape index (κ2) is 15.7. The van der Waals surface area contributed by atoms with Crippen LogP contribution in [0.2, 0.25) is 0 Å². The maximum Gasteiger partial charge on any atom is 0.115 e. The van der Waals surface area contributed by atoms with Gasteiger partial charge in [-0.1, -0.05) is 27.7 Å². The zero-order valence-electron chi connectivity index (χ0n) is 7.20. The molecule has 0 aliphatic heterocycles. The maximum absolute atomic E-state index is 3.67. The zero-order valence-corrected chi connectivity index (χ0v) is 7.20. The standard InChI is InChI=1S/C4H4N2.2C2H6/c1-2-5-4-6-3-1;2*1-2/h1-4H;2*1-2H3. The second-order valence-corrected chi connectivity index (χ2v) is 0.904. The average Bonchev–Trinajstić information content (AvgIpc) is 2.14. The van der Waals surface area contributed by atoms with Crippen LogP contribution < -0.4 is 0 Å². The van der Waals surface area contributed by atoms with Crippen LogP contribution in [0.3, 0.4) is 0 Å². The van der Waals surface area contributed by atoms with E-state index in [2.05, 4.69) is 9.97 Å². The molecule has 0 aromatic carbocycles. The molecule has 0 N–H and O–H groups in total. The molecule has 2 nitrogen and oxygen atoms in total. The fraction of sp³-hybridized carbons (Fsp3) is 0.500. The first-order valence-corrected chi connectivity index (χ1v) is 3.70. The van der Waals surface area contributed by atoms with Crippen LogP contribution in [0.15, 0.2) is 24.8 Å². The van der Waals surface area contributed by atoms with E-state index in [9.17, 15) is 0 Å². The van der Waals surface area contributed by atoms with Crippen LogP contribution >= 0.6 is 0 Å². The molecule has 0 spiro atoms. The highest BCUT2D eigenvalue weighted by Crippen LogP contribution is 1.66. The Morgan fingerprint density at radius 1 is 0.800 bits per heavy atom. The van der Waals surface area contributed by atoms with Crippen LogP contribution in [-0.4, -0.2) is 9.97 Å². The highest BCUT2D eigenvalue weighted by Gasteiger charge is 1.59. The molecule has 1 aromatic rings. The van der Waals surface area contributed by atoms with Crippen molar-refractivity contribution in [3.05, 3.63) is 24.8 Å². The Kier molecular flexibility index (Phi) is 18.6. The van der Waals surface area contributed by atoms with E-state index >= 15 is 0 Å². The summed E-state index contributed by atoms with van der Waals surface area (Å²) in [7, 11) is 0. The topological polar surface area (TPSA) is 25.8 Å². The van der Waals surface area contributed by atoms with Crippen molar-refractivity contribution in [1.82, 2.24) is 9.97 Å². The van der Waals surface area contributed by atoms with Gasteiger partial charge in [0.15, 0.2) is 0 Å². The van der Waals surface area contributed by atoms with Gasteiger partial charge in [-0.2, -0.15) is 0 Å². The van der Waals surface area contributed by atoms with Crippen LogP contribution in [-0.2, 0) is 0 Å². The molecule has 0 amide bonds. The lowest BCUT2D eigenvalue weighted by molar-refractivity contribution is 1.17. The quantitative estimate of drug-likeness (QED) is 0.553. The SMILES string of the molecule is CC.CC.c1cncnc1. The van der Waals surface area contributed by atoms with Gasteiger partial charge in [-0.05, 0) is 6.07 Å².